The van der Waals surface area contributed by atoms with E-state index in [-0.39, 0.29) is 6.42 Å². The molecule has 0 aromatic heterocycles. The zero-order chi connectivity index (χ0) is 10.7. The predicted octanol–water partition coefficient (Wildman–Crippen LogP) is 0.797. The monoisotopic (exact) mass is 214 g/mol. The van der Waals surface area contributed by atoms with Crippen LogP contribution in [0.2, 0.25) is 0 Å². The molecule has 0 radical (unpaired) electrons. The number of carbonyl (C=O) groups is 2. The number of carbonyl (C=O) groups excluding carboxylic acids is 1. The van der Waals surface area contributed by atoms with Crippen LogP contribution in [-0.2, 0) is 9.59 Å². The minimum Gasteiger partial charge on any atom is -0.481 e. The molecule has 0 spiro atoms. The van der Waals surface area contributed by atoms with Crippen molar-refractivity contribution in [3.8, 4) is 0 Å². The highest BCUT2D eigenvalue weighted by Gasteiger charge is 2.27. The van der Waals surface area contributed by atoms with E-state index in [4.69, 9.17) is 5.11 Å². The van der Waals surface area contributed by atoms with E-state index in [2.05, 4.69) is 9.98 Å². The van der Waals surface area contributed by atoms with Crippen molar-refractivity contribution in [2.24, 2.45) is 15.9 Å². The molecule has 1 amide bonds. The van der Waals surface area contributed by atoms with Crippen LogP contribution in [0.15, 0.2) is 9.98 Å². The summed E-state index contributed by atoms with van der Waals surface area (Å²) in [6.45, 7) is 1.65. The molecule has 76 valence electrons. The first-order valence-corrected chi connectivity index (χ1v) is 5.20. The van der Waals surface area contributed by atoms with Gasteiger partial charge in [0.15, 0.2) is 5.17 Å². The fraction of sp³-hybridized carbons (Fsp3) is 0.500. The molecule has 0 aromatic carbocycles. The topological polar surface area (TPSA) is 79.1 Å². The zero-order valence-corrected chi connectivity index (χ0v) is 8.67. The first kappa shape index (κ1) is 10.9. The number of hydrogen-bond donors (Lipinski definition) is 1. The van der Waals surface area contributed by atoms with Crippen LogP contribution < -0.4 is 0 Å². The first-order valence-electron chi connectivity index (χ1n) is 3.98. The van der Waals surface area contributed by atoms with Crippen LogP contribution >= 0.6 is 11.8 Å². The van der Waals surface area contributed by atoms with Crippen LogP contribution in [0.5, 0.6) is 0 Å². The number of amides is 1. The van der Waals surface area contributed by atoms with Gasteiger partial charge in [0, 0.05) is 5.71 Å². The van der Waals surface area contributed by atoms with E-state index in [1.807, 2.05) is 0 Å². The molecule has 0 aromatic rings. The van der Waals surface area contributed by atoms with Gasteiger partial charge in [0.1, 0.15) is 0 Å². The molecule has 0 aliphatic carbocycles. The Morgan fingerprint density at radius 3 is 2.64 bits per heavy atom. The molecule has 1 aliphatic rings. The highest BCUT2D eigenvalue weighted by Crippen LogP contribution is 2.17. The Kier molecular flexibility index (Phi) is 3.40. The van der Waals surface area contributed by atoms with Crippen molar-refractivity contribution in [2.45, 2.75) is 13.3 Å². The number of aliphatic carboxylic acids is 1. The third kappa shape index (κ3) is 2.41. The molecular weight excluding hydrogens is 204 g/mol. The Balaban J connectivity index is 2.84. The number of carboxylic acid groups (broad SMARTS) is 1. The van der Waals surface area contributed by atoms with Crippen LogP contribution in [0.1, 0.15) is 13.3 Å². The first-order chi connectivity index (χ1) is 6.54. The molecule has 1 heterocycles. The Labute approximate surface area is 85.3 Å². The van der Waals surface area contributed by atoms with Crippen molar-refractivity contribution in [3.05, 3.63) is 0 Å². The lowest BCUT2D eigenvalue weighted by Gasteiger charge is -2.15. The minimum atomic E-state index is -1.01. The van der Waals surface area contributed by atoms with Gasteiger partial charge in [-0.05, 0) is 13.2 Å². The summed E-state index contributed by atoms with van der Waals surface area (Å²) in [5, 5.41) is 8.96. The normalized spacial score (nSPS) is 21.6. The molecule has 5 nitrogen and oxygen atoms in total. The van der Waals surface area contributed by atoms with Crippen molar-refractivity contribution in [1.82, 2.24) is 0 Å². The van der Waals surface area contributed by atoms with Crippen LogP contribution in [0.4, 0.5) is 0 Å². The summed E-state index contributed by atoms with van der Waals surface area (Å²) in [5.41, 5.74) is 0.525. The van der Waals surface area contributed by atoms with E-state index in [1.54, 1.807) is 13.2 Å². The Morgan fingerprint density at radius 2 is 2.21 bits per heavy atom. The highest BCUT2D eigenvalue weighted by atomic mass is 32.2. The van der Waals surface area contributed by atoms with Gasteiger partial charge in [0.25, 0.3) is 5.91 Å². The second-order valence-electron chi connectivity index (χ2n) is 2.84. The molecule has 1 N–H and O–H groups in total. The van der Waals surface area contributed by atoms with Gasteiger partial charge >= 0.3 is 5.97 Å². The van der Waals surface area contributed by atoms with E-state index < -0.39 is 17.8 Å². The third-order valence-electron chi connectivity index (χ3n) is 1.84. The Morgan fingerprint density at radius 1 is 1.57 bits per heavy atom. The Hall–Kier alpha value is -1.17. The summed E-state index contributed by atoms with van der Waals surface area (Å²) in [4.78, 5) is 29.5. The summed E-state index contributed by atoms with van der Waals surface area (Å²) >= 11 is 1.27. The van der Waals surface area contributed by atoms with Crippen molar-refractivity contribution in [1.29, 1.82) is 0 Å². The standard InChI is InChI=1S/C8H10N2O3S/c1-4-5(3-6(11)12)7(13)10-8(9-4)14-2/h5H,3H2,1-2H3,(H,11,12). The summed E-state index contributed by atoms with van der Waals surface area (Å²) < 4.78 is 0. The smallest absolute Gasteiger partial charge is 0.304 e. The summed E-state index contributed by atoms with van der Waals surface area (Å²) in [6.07, 6.45) is 1.53. The van der Waals surface area contributed by atoms with Gasteiger partial charge in [-0.3, -0.25) is 9.59 Å². The molecule has 0 saturated carbocycles. The second-order valence-corrected chi connectivity index (χ2v) is 3.61. The number of hydrogen-bond acceptors (Lipinski definition) is 4. The van der Waals surface area contributed by atoms with E-state index in [9.17, 15) is 9.59 Å². The lowest BCUT2D eigenvalue weighted by Crippen LogP contribution is -2.28. The van der Waals surface area contributed by atoms with Crippen LogP contribution in [0.3, 0.4) is 0 Å². The third-order valence-corrected chi connectivity index (χ3v) is 2.39. The van der Waals surface area contributed by atoms with Gasteiger partial charge in [0.05, 0.1) is 12.3 Å². The zero-order valence-electron chi connectivity index (χ0n) is 7.85. The maximum atomic E-state index is 11.4. The van der Waals surface area contributed by atoms with E-state index in [0.29, 0.717) is 10.9 Å². The van der Waals surface area contributed by atoms with Gasteiger partial charge in [0.2, 0.25) is 0 Å². The number of nitrogens with zero attached hydrogens (tertiary/aromatic N) is 2. The summed E-state index contributed by atoms with van der Waals surface area (Å²) in [7, 11) is 0. The molecule has 1 unspecified atom stereocenters. The lowest BCUT2D eigenvalue weighted by molar-refractivity contribution is -0.139. The SMILES string of the molecule is CSC1=NC(=O)C(CC(=O)O)C(C)=N1. The highest BCUT2D eigenvalue weighted by molar-refractivity contribution is 8.13. The fourth-order valence-electron chi connectivity index (χ4n) is 1.11. The van der Waals surface area contributed by atoms with Gasteiger partial charge < -0.3 is 5.11 Å². The fourth-order valence-corrected chi connectivity index (χ4v) is 1.52. The van der Waals surface area contributed by atoms with Gasteiger partial charge in [-0.1, -0.05) is 11.8 Å². The van der Waals surface area contributed by atoms with Gasteiger partial charge in [-0.2, -0.15) is 4.99 Å². The average Bonchev–Trinajstić information content (AvgIpc) is 2.10. The van der Waals surface area contributed by atoms with Crippen LogP contribution in [0.25, 0.3) is 0 Å². The molecule has 1 atom stereocenters. The van der Waals surface area contributed by atoms with Crippen molar-refractivity contribution in [2.75, 3.05) is 6.26 Å². The number of carboxylic acids is 1. The van der Waals surface area contributed by atoms with E-state index >= 15 is 0 Å². The molecule has 6 heteroatoms. The lowest BCUT2D eigenvalue weighted by atomic mass is 9.99. The van der Waals surface area contributed by atoms with E-state index in [1.165, 1.54) is 11.8 Å². The van der Waals surface area contributed by atoms with Gasteiger partial charge in [-0.15, -0.1) is 0 Å². The second kappa shape index (κ2) is 4.36. The molecule has 1 aliphatic heterocycles. The van der Waals surface area contributed by atoms with Crippen molar-refractivity contribution in [3.63, 3.8) is 0 Å². The largest absolute Gasteiger partial charge is 0.481 e. The number of thioether (sulfide) groups is 1. The van der Waals surface area contributed by atoms with E-state index in [0.717, 1.165) is 0 Å². The maximum absolute atomic E-state index is 11.4. The predicted molar refractivity (Wildman–Crippen MR) is 54.8 cm³/mol. The molecule has 0 fully saturated rings. The molecule has 1 rings (SSSR count). The molecular formula is C8H10N2O3S. The quantitative estimate of drug-likeness (QED) is 0.737. The Bertz CT molecular complexity index is 335. The number of aliphatic imine (C=N–C) groups is 2. The van der Waals surface area contributed by atoms with Gasteiger partial charge in [-0.25, -0.2) is 4.99 Å². The number of amidine groups is 1. The summed E-state index contributed by atoms with van der Waals surface area (Å²) in [6, 6.07) is 0. The molecule has 0 saturated heterocycles. The van der Waals surface area contributed by atoms with Crippen molar-refractivity contribution < 1.29 is 14.7 Å². The summed E-state index contributed by atoms with van der Waals surface area (Å²) in [5.74, 6) is -2.12. The minimum absolute atomic E-state index is 0.237. The average molecular weight is 214 g/mol. The van der Waals surface area contributed by atoms with Crippen LogP contribution in [-0.4, -0.2) is 34.1 Å². The number of rotatable bonds is 2. The maximum Gasteiger partial charge on any atom is 0.304 e. The molecule has 14 heavy (non-hydrogen) atoms. The molecule has 0 bridgehead atoms. The van der Waals surface area contributed by atoms with Crippen molar-refractivity contribution >= 4 is 34.5 Å². The van der Waals surface area contributed by atoms with Crippen LogP contribution in [0, 0.1) is 5.92 Å².